The molecule has 1 aromatic heterocycles. The molecule has 0 bridgehead atoms. The van der Waals surface area contributed by atoms with Crippen molar-refractivity contribution in [2.75, 3.05) is 23.8 Å². The lowest BCUT2D eigenvalue weighted by Crippen LogP contribution is -2.31. The van der Waals surface area contributed by atoms with Crippen LogP contribution in [-0.4, -0.2) is 24.5 Å². The van der Waals surface area contributed by atoms with Gasteiger partial charge in [0.25, 0.3) is 5.91 Å². The van der Waals surface area contributed by atoms with E-state index in [4.69, 9.17) is 11.6 Å². The molecule has 0 fully saturated rings. The summed E-state index contributed by atoms with van der Waals surface area (Å²) < 4.78 is 0. The molecule has 0 atom stereocenters. The lowest BCUT2D eigenvalue weighted by atomic mass is 10.1. The second-order valence-corrected chi connectivity index (χ2v) is 5.09. The molecule has 110 valence electrons. The van der Waals surface area contributed by atoms with Crippen LogP contribution < -0.4 is 10.2 Å². The molecule has 1 aromatic carbocycles. The van der Waals surface area contributed by atoms with Crippen molar-refractivity contribution in [1.82, 2.24) is 4.98 Å². The van der Waals surface area contributed by atoms with E-state index >= 15 is 0 Å². The zero-order chi connectivity index (χ0) is 15.4. The summed E-state index contributed by atoms with van der Waals surface area (Å²) in [5.41, 5.74) is 2.45. The van der Waals surface area contributed by atoms with E-state index < -0.39 is 0 Å². The van der Waals surface area contributed by atoms with Crippen LogP contribution in [-0.2, 0) is 0 Å². The Hall–Kier alpha value is -2.07. The van der Waals surface area contributed by atoms with Gasteiger partial charge in [-0.1, -0.05) is 29.3 Å². The Labute approximate surface area is 129 Å². The number of benzene rings is 1. The lowest BCUT2D eigenvalue weighted by Gasteiger charge is -2.22. The SMILES string of the molecule is CCN(C(=O)c1cc(NC)ncc1Cl)c1ccc(C)cc1. The second-order valence-electron chi connectivity index (χ2n) is 4.68. The fourth-order valence-corrected chi connectivity index (χ4v) is 2.24. The highest BCUT2D eigenvalue weighted by atomic mass is 35.5. The van der Waals surface area contributed by atoms with Crippen LogP contribution >= 0.6 is 11.6 Å². The van der Waals surface area contributed by atoms with Crippen LogP contribution in [0.15, 0.2) is 36.5 Å². The molecule has 21 heavy (non-hydrogen) atoms. The largest absolute Gasteiger partial charge is 0.373 e. The number of hydrogen-bond acceptors (Lipinski definition) is 3. The first-order chi connectivity index (χ1) is 10.1. The number of nitrogens with zero attached hydrogens (tertiary/aromatic N) is 2. The van der Waals surface area contributed by atoms with Crippen molar-refractivity contribution < 1.29 is 4.79 Å². The molecule has 0 aliphatic heterocycles. The molecule has 0 spiro atoms. The minimum Gasteiger partial charge on any atom is -0.373 e. The normalized spacial score (nSPS) is 10.3. The van der Waals surface area contributed by atoms with Gasteiger partial charge in [-0.25, -0.2) is 4.98 Å². The standard InChI is InChI=1S/C16H18ClN3O/c1-4-20(12-7-5-11(2)6-8-12)16(21)13-9-15(18-3)19-10-14(13)17/h5-10H,4H2,1-3H3,(H,18,19). The number of aromatic nitrogens is 1. The van der Waals surface area contributed by atoms with Gasteiger partial charge in [0.1, 0.15) is 5.82 Å². The third-order valence-corrected chi connectivity index (χ3v) is 3.55. The van der Waals surface area contributed by atoms with Gasteiger partial charge in [0, 0.05) is 25.5 Å². The van der Waals surface area contributed by atoms with Crippen molar-refractivity contribution >= 4 is 29.0 Å². The Bertz CT molecular complexity index is 640. The molecule has 4 nitrogen and oxygen atoms in total. The number of carbonyl (C=O) groups is 1. The number of amides is 1. The Morgan fingerprint density at radius 2 is 2.00 bits per heavy atom. The number of rotatable bonds is 4. The van der Waals surface area contributed by atoms with Crippen LogP contribution in [0.1, 0.15) is 22.8 Å². The van der Waals surface area contributed by atoms with E-state index in [9.17, 15) is 4.79 Å². The molecule has 2 aromatic rings. The zero-order valence-electron chi connectivity index (χ0n) is 12.4. The van der Waals surface area contributed by atoms with Crippen molar-refractivity contribution in [3.8, 4) is 0 Å². The highest BCUT2D eigenvalue weighted by Crippen LogP contribution is 2.23. The van der Waals surface area contributed by atoms with Crippen LogP contribution in [0.5, 0.6) is 0 Å². The van der Waals surface area contributed by atoms with Crippen LogP contribution in [0.25, 0.3) is 0 Å². The second kappa shape index (κ2) is 6.59. The quantitative estimate of drug-likeness (QED) is 0.935. The summed E-state index contributed by atoms with van der Waals surface area (Å²) in [6, 6.07) is 9.51. The summed E-state index contributed by atoms with van der Waals surface area (Å²) in [5.74, 6) is 0.480. The van der Waals surface area contributed by atoms with Crippen molar-refractivity contribution in [2.45, 2.75) is 13.8 Å². The molecule has 5 heteroatoms. The van der Waals surface area contributed by atoms with Crippen LogP contribution in [0.3, 0.4) is 0 Å². The molecule has 1 heterocycles. The molecule has 0 radical (unpaired) electrons. The number of aryl methyl sites for hydroxylation is 1. The minimum atomic E-state index is -0.134. The molecule has 1 amide bonds. The molecular formula is C16H18ClN3O. The fraction of sp³-hybridized carbons (Fsp3) is 0.250. The first kappa shape index (κ1) is 15.3. The van der Waals surface area contributed by atoms with Crippen molar-refractivity contribution in [2.24, 2.45) is 0 Å². The average Bonchev–Trinajstić information content (AvgIpc) is 2.50. The van der Waals surface area contributed by atoms with E-state index in [-0.39, 0.29) is 5.91 Å². The van der Waals surface area contributed by atoms with E-state index in [1.165, 1.54) is 6.20 Å². The summed E-state index contributed by atoms with van der Waals surface area (Å²) in [4.78, 5) is 18.5. The maximum atomic E-state index is 12.7. The van der Waals surface area contributed by atoms with Crippen LogP contribution in [0, 0.1) is 6.92 Å². The van der Waals surface area contributed by atoms with Gasteiger partial charge in [-0.2, -0.15) is 0 Å². The Kier molecular flexibility index (Phi) is 4.81. The molecule has 0 saturated carbocycles. The van der Waals surface area contributed by atoms with E-state index in [0.29, 0.717) is 22.9 Å². The number of carbonyl (C=O) groups excluding carboxylic acids is 1. The van der Waals surface area contributed by atoms with Gasteiger partial charge in [-0.05, 0) is 32.0 Å². The first-order valence-electron chi connectivity index (χ1n) is 6.78. The topological polar surface area (TPSA) is 45.2 Å². The van der Waals surface area contributed by atoms with Gasteiger partial charge in [0.05, 0.1) is 10.6 Å². The van der Waals surface area contributed by atoms with E-state index in [2.05, 4.69) is 10.3 Å². The lowest BCUT2D eigenvalue weighted by molar-refractivity contribution is 0.0988. The summed E-state index contributed by atoms with van der Waals surface area (Å²) in [7, 11) is 1.75. The number of pyridine rings is 1. The van der Waals surface area contributed by atoms with Crippen molar-refractivity contribution in [3.63, 3.8) is 0 Å². The van der Waals surface area contributed by atoms with E-state index in [1.54, 1.807) is 18.0 Å². The molecule has 0 unspecified atom stereocenters. The molecule has 1 N–H and O–H groups in total. The monoisotopic (exact) mass is 303 g/mol. The van der Waals surface area contributed by atoms with E-state index in [1.807, 2.05) is 38.1 Å². The van der Waals surface area contributed by atoms with Gasteiger partial charge >= 0.3 is 0 Å². The molecule has 2 rings (SSSR count). The van der Waals surface area contributed by atoms with Gasteiger partial charge < -0.3 is 10.2 Å². The Balaban J connectivity index is 2.38. The van der Waals surface area contributed by atoms with E-state index in [0.717, 1.165) is 11.3 Å². The third kappa shape index (κ3) is 3.34. The Morgan fingerprint density at radius 3 is 2.57 bits per heavy atom. The summed E-state index contributed by atoms with van der Waals surface area (Å²) in [6.07, 6.45) is 1.49. The van der Waals surface area contributed by atoms with Crippen molar-refractivity contribution in [3.05, 3.63) is 52.7 Å². The van der Waals surface area contributed by atoms with Gasteiger partial charge in [0.15, 0.2) is 0 Å². The maximum absolute atomic E-state index is 12.7. The molecule has 0 aliphatic carbocycles. The smallest absolute Gasteiger partial charge is 0.259 e. The highest BCUT2D eigenvalue weighted by Gasteiger charge is 2.19. The fourth-order valence-electron chi connectivity index (χ4n) is 2.05. The maximum Gasteiger partial charge on any atom is 0.259 e. The Morgan fingerprint density at radius 1 is 1.33 bits per heavy atom. The average molecular weight is 304 g/mol. The first-order valence-corrected chi connectivity index (χ1v) is 7.16. The summed E-state index contributed by atoms with van der Waals surface area (Å²) in [6.45, 7) is 4.52. The van der Waals surface area contributed by atoms with Crippen LogP contribution in [0.2, 0.25) is 5.02 Å². The summed E-state index contributed by atoms with van der Waals surface area (Å²) in [5, 5.41) is 3.26. The minimum absolute atomic E-state index is 0.134. The molecule has 0 saturated heterocycles. The highest BCUT2D eigenvalue weighted by molar-refractivity contribution is 6.34. The number of hydrogen-bond donors (Lipinski definition) is 1. The van der Waals surface area contributed by atoms with Crippen LogP contribution in [0.4, 0.5) is 11.5 Å². The van der Waals surface area contributed by atoms with Gasteiger partial charge in [-0.15, -0.1) is 0 Å². The predicted octanol–water partition coefficient (Wildman–Crippen LogP) is 3.75. The predicted molar refractivity (Wildman–Crippen MR) is 87.3 cm³/mol. The zero-order valence-corrected chi connectivity index (χ0v) is 13.1. The number of nitrogens with one attached hydrogen (secondary N) is 1. The number of halogens is 1. The van der Waals surface area contributed by atoms with Gasteiger partial charge in [-0.3, -0.25) is 4.79 Å². The summed E-state index contributed by atoms with van der Waals surface area (Å²) >= 11 is 6.12. The van der Waals surface area contributed by atoms with Crippen molar-refractivity contribution in [1.29, 1.82) is 0 Å². The molecular weight excluding hydrogens is 286 g/mol. The van der Waals surface area contributed by atoms with Gasteiger partial charge in [0.2, 0.25) is 0 Å². The third-order valence-electron chi connectivity index (χ3n) is 3.25. The molecule has 0 aliphatic rings. The number of anilines is 2.